The molecule has 4 nitrogen and oxygen atoms in total. The summed E-state index contributed by atoms with van der Waals surface area (Å²) in [4.78, 5) is 17.5. The highest BCUT2D eigenvalue weighted by Gasteiger charge is 2.12. The van der Waals surface area contributed by atoms with Gasteiger partial charge in [-0.1, -0.05) is 35.9 Å². The Hall–Kier alpha value is -2.05. The van der Waals surface area contributed by atoms with Crippen LogP contribution in [0.5, 0.6) is 0 Å². The van der Waals surface area contributed by atoms with Gasteiger partial charge < -0.3 is 9.73 Å². The summed E-state index contributed by atoms with van der Waals surface area (Å²) in [6.45, 7) is 4.53. The van der Waals surface area contributed by atoms with Crippen molar-refractivity contribution in [2.24, 2.45) is 0 Å². The number of thiophene rings is 1. The molecule has 0 fully saturated rings. The van der Waals surface area contributed by atoms with Crippen LogP contribution in [0.2, 0.25) is 0 Å². The summed E-state index contributed by atoms with van der Waals surface area (Å²) >= 11 is 3.15. The second-order valence-corrected chi connectivity index (χ2v) is 7.69. The summed E-state index contributed by atoms with van der Waals surface area (Å²) in [7, 11) is 0. The van der Waals surface area contributed by atoms with Crippen molar-refractivity contribution in [3.63, 3.8) is 0 Å². The lowest BCUT2D eigenvalue weighted by molar-refractivity contribution is -0.118. The number of amides is 1. The van der Waals surface area contributed by atoms with E-state index in [9.17, 15) is 4.79 Å². The molecule has 0 aliphatic carbocycles. The van der Waals surface area contributed by atoms with E-state index in [-0.39, 0.29) is 5.91 Å². The Morgan fingerprint density at radius 3 is 2.76 bits per heavy atom. The summed E-state index contributed by atoms with van der Waals surface area (Å²) in [5.41, 5.74) is 3.23. The summed E-state index contributed by atoms with van der Waals surface area (Å²) in [6.07, 6.45) is 0. The van der Waals surface area contributed by atoms with Crippen LogP contribution >= 0.6 is 23.1 Å². The third kappa shape index (κ3) is 4.96. The van der Waals surface area contributed by atoms with E-state index in [0.717, 1.165) is 21.9 Å². The number of hydrogen-bond donors (Lipinski definition) is 1. The number of thioether (sulfide) groups is 1. The molecule has 2 heterocycles. The van der Waals surface area contributed by atoms with Gasteiger partial charge in [-0.2, -0.15) is 0 Å². The Balaban J connectivity index is 1.44. The highest BCUT2D eigenvalue weighted by atomic mass is 32.2. The first-order valence-corrected chi connectivity index (χ1v) is 10.1. The Labute approximate surface area is 155 Å². The fourth-order valence-corrected chi connectivity index (χ4v) is 3.77. The average Bonchev–Trinajstić information content (AvgIpc) is 3.25. The molecule has 3 rings (SSSR count). The van der Waals surface area contributed by atoms with Crippen LogP contribution in [0.1, 0.15) is 22.6 Å². The molecule has 0 spiro atoms. The van der Waals surface area contributed by atoms with E-state index in [2.05, 4.69) is 29.4 Å². The maximum absolute atomic E-state index is 12.0. The zero-order valence-electron chi connectivity index (χ0n) is 14.2. The maximum atomic E-state index is 12.0. The predicted molar refractivity (Wildman–Crippen MR) is 104 cm³/mol. The van der Waals surface area contributed by atoms with E-state index in [1.54, 1.807) is 23.1 Å². The summed E-state index contributed by atoms with van der Waals surface area (Å²) in [5.74, 6) is 2.58. The summed E-state index contributed by atoms with van der Waals surface area (Å²) in [6, 6.07) is 12.1. The molecule has 25 heavy (non-hydrogen) atoms. The van der Waals surface area contributed by atoms with Crippen LogP contribution in [0.25, 0.3) is 10.8 Å². The average molecular weight is 373 g/mol. The van der Waals surface area contributed by atoms with Crippen molar-refractivity contribution < 1.29 is 9.21 Å². The Morgan fingerprint density at radius 1 is 1.24 bits per heavy atom. The zero-order valence-corrected chi connectivity index (χ0v) is 15.9. The number of oxazole rings is 1. The lowest BCUT2D eigenvalue weighted by atomic mass is 10.1. The SMILES string of the molecule is Cc1ccc(CNC(=O)CSCc2nc(-c3cccs3)oc2C)cc1. The van der Waals surface area contributed by atoms with E-state index in [1.165, 1.54) is 5.56 Å². The molecule has 3 aromatic rings. The minimum absolute atomic E-state index is 0.0326. The molecule has 0 radical (unpaired) electrons. The molecule has 130 valence electrons. The molecule has 2 aromatic heterocycles. The van der Waals surface area contributed by atoms with Crippen LogP contribution in [-0.2, 0) is 17.1 Å². The Morgan fingerprint density at radius 2 is 2.04 bits per heavy atom. The second-order valence-electron chi connectivity index (χ2n) is 5.75. The molecule has 1 aromatic carbocycles. The topological polar surface area (TPSA) is 55.1 Å². The lowest BCUT2D eigenvalue weighted by Crippen LogP contribution is -2.24. The van der Waals surface area contributed by atoms with Crippen LogP contribution in [0.4, 0.5) is 0 Å². The van der Waals surface area contributed by atoms with E-state index >= 15 is 0 Å². The van der Waals surface area contributed by atoms with Gasteiger partial charge in [0.05, 0.1) is 16.3 Å². The van der Waals surface area contributed by atoms with Crippen molar-refractivity contribution in [3.05, 3.63) is 64.4 Å². The van der Waals surface area contributed by atoms with Gasteiger partial charge in [0.15, 0.2) is 0 Å². The van der Waals surface area contributed by atoms with Gasteiger partial charge in [0.1, 0.15) is 5.76 Å². The monoisotopic (exact) mass is 372 g/mol. The molecule has 0 aliphatic heterocycles. The van der Waals surface area contributed by atoms with E-state index in [4.69, 9.17) is 4.42 Å². The Bertz CT molecular complexity index is 824. The number of aryl methyl sites for hydroxylation is 2. The zero-order chi connectivity index (χ0) is 17.6. The smallest absolute Gasteiger partial charge is 0.236 e. The standard InChI is InChI=1S/C19H20N2O2S2/c1-13-5-7-15(8-6-13)10-20-18(22)12-24-11-16-14(2)23-19(21-16)17-4-3-9-25-17/h3-9H,10-12H2,1-2H3,(H,20,22). The molecule has 0 unspecified atom stereocenters. The van der Waals surface area contributed by atoms with E-state index in [1.807, 2.05) is 36.6 Å². The number of benzene rings is 1. The number of nitrogens with zero attached hydrogens (tertiary/aromatic N) is 1. The number of carbonyl (C=O) groups excluding carboxylic acids is 1. The van der Waals surface area contributed by atoms with Crippen LogP contribution in [0.3, 0.4) is 0 Å². The minimum Gasteiger partial charge on any atom is -0.440 e. The third-order valence-electron chi connectivity index (χ3n) is 3.71. The molecule has 0 atom stereocenters. The molecule has 1 amide bonds. The van der Waals surface area contributed by atoms with Crippen LogP contribution in [0, 0.1) is 13.8 Å². The molecular weight excluding hydrogens is 352 g/mol. The number of carbonyl (C=O) groups is 1. The highest BCUT2D eigenvalue weighted by molar-refractivity contribution is 7.99. The van der Waals surface area contributed by atoms with Crippen LogP contribution in [0.15, 0.2) is 46.2 Å². The van der Waals surface area contributed by atoms with Gasteiger partial charge in [-0.25, -0.2) is 4.98 Å². The van der Waals surface area contributed by atoms with Crippen molar-refractivity contribution in [2.45, 2.75) is 26.1 Å². The number of nitrogens with one attached hydrogen (secondary N) is 1. The minimum atomic E-state index is 0.0326. The normalized spacial score (nSPS) is 10.8. The molecule has 0 saturated carbocycles. The molecule has 1 N–H and O–H groups in total. The molecule has 6 heteroatoms. The van der Waals surface area contributed by atoms with Crippen molar-refractivity contribution in [1.82, 2.24) is 10.3 Å². The van der Waals surface area contributed by atoms with E-state index in [0.29, 0.717) is 23.9 Å². The first kappa shape index (κ1) is 17.8. The first-order valence-electron chi connectivity index (χ1n) is 8.02. The Kier molecular flexibility index (Phi) is 5.94. The lowest BCUT2D eigenvalue weighted by Gasteiger charge is -2.05. The van der Waals surface area contributed by atoms with Crippen molar-refractivity contribution in [3.8, 4) is 10.8 Å². The second kappa shape index (κ2) is 8.36. The van der Waals surface area contributed by atoms with Crippen LogP contribution < -0.4 is 5.32 Å². The molecular formula is C19H20N2O2S2. The predicted octanol–water partition coefficient (Wildman–Crippen LogP) is 4.57. The molecule has 0 saturated heterocycles. The van der Waals surface area contributed by atoms with Crippen molar-refractivity contribution in [2.75, 3.05) is 5.75 Å². The fraction of sp³-hybridized carbons (Fsp3) is 0.263. The fourth-order valence-electron chi connectivity index (χ4n) is 2.27. The maximum Gasteiger partial charge on any atom is 0.236 e. The highest BCUT2D eigenvalue weighted by Crippen LogP contribution is 2.27. The quantitative estimate of drug-likeness (QED) is 0.660. The van der Waals surface area contributed by atoms with Gasteiger partial charge in [0.2, 0.25) is 11.8 Å². The van der Waals surface area contributed by atoms with Gasteiger partial charge >= 0.3 is 0 Å². The molecule has 0 bridgehead atoms. The number of aromatic nitrogens is 1. The van der Waals surface area contributed by atoms with Crippen molar-refractivity contribution in [1.29, 1.82) is 0 Å². The van der Waals surface area contributed by atoms with E-state index < -0.39 is 0 Å². The van der Waals surface area contributed by atoms with Gasteiger partial charge in [-0.3, -0.25) is 4.79 Å². The number of rotatable bonds is 7. The first-order chi connectivity index (χ1) is 12.1. The van der Waals surface area contributed by atoms with Gasteiger partial charge in [0, 0.05) is 12.3 Å². The summed E-state index contributed by atoms with van der Waals surface area (Å²) < 4.78 is 5.72. The molecule has 0 aliphatic rings. The summed E-state index contributed by atoms with van der Waals surface area (Å²) in [5, 5.41) is 4.95. The third-order valence-corrected chi connectivity index (χ3v) is 5.51. The van der Waals surface area contributed by atoms with Gasteiger partial charge in [-0.15, -0.1) is 23.1 Å². The van der Waals surface area contributed by atoms with Gasteiger partial charge in [0.25, 0.3) is 0 Å². The van der Waals surface area contributed by atoms with Crippen LogP contribution in [-0.4, -0.2) is 16.6 Å². The van der Waals surface area contributed by atoms with Crippen molar-refractivity contribution >= 4 is 29.0 Å². The van der Waals surface area contributed by atoms with Gasteiger partial charge in [-0.05, 0) is 30.9 Å². The largest absolute Gasteiger partial charge is 0.440 e. The number of hydrogen-bond acceptors (Lipinski definition) is 5.